The molecule has 4 atom stereocenters. The lowest BCUT2D eigenvalue weighted by Crippen LogP contribution is -2.46. The second kappa shape index (κ2) is 15.9. The first-order chi connectivity index (χ1) is 19.2. The van der Waals surface area contributed by atoms with E-state index in [0.717, 1.165) is 36.8 Å². The van der Waals surface area contributed by atoms with Gasteiger partial charge in [-0.25, -0.2) is 4.79 Å². The van der Waals surface area contributed by atoms with Crippen molar-refractivity contribution in [2.75, 3.05) is 13.1 Å². The fraction of sp³-hybridized carbons (Fsp3) is 0.576. The minimum Gasteiger partial charge on any atom is -0.444 e. The summed E-state index contributed by atoms with van der Waals surface area (Å²) in [5.41, 5.74) is 1.44. The zero-order chi connectivity index (χ0) is 29.0. The van der Waals surface area contributed by atoms with Gasteiger partial charge in [0.05, 0.1) is 25.9 Å². The number of Topliss-reactive ketones (excluding diaryl/α,β-unsaturated/α-hetero) is 1. The van der Waals surface area contributed by atoms with Crippen LogP contribution in [0, 0.1) is 0 Å². The summed E-state index contributed by atoms with van der Waals surface area (Å²) in [6.45, 7) is 10.9. The molecule has 1 fully saturated rings. The van der Waals surface area contributed by atoms with Crippen LogP contribution in [0.2, 0.25) is 0 Å². The molecule has 0 unspecified atom stereocenters. The van der Waals surface area contributed by atoms with Gasteiger partial charge in [-0.2, -0.15) is 0 Å². The van der Waals surface area contributed by atoms with Gasteiger partial charge in [-0.3, -0.25) is 4.79 Å². The number of nitrogens with zero attached hydrogens (tertiary/aromatic N) is 1. The monoisotopic (exact) mass is 553 g/mol. The lowest BCUT2D eigenvalue weighted by atomic mass is 10.0. The minimum absolute atomic E-state index is 0.0179. The molecule has 1 heterocycles. The summed E-state index contributed by atoms with van der Waals surface area (Å²) in [7, 11) is 0. The van der Waals surface area contributed by atoms with E-state index in [1.54, 1.807) is 11.8 Å². The lowest BCUT2D eigenvalue weighted by molar-refractivity contribution is -0.122. The number of hydrogen-bond acceptors (Lipinski definition) is 6. The van der Waals surface area contributed by atoms with Gasteiger partial charge in [0.25, 0.3) is 0 Å². The van der Waals surface area contributed by atoms with Crippen LogP contribution in [-0.4, -0.2) is 59.9 Å². The van der Waals surface area contributed by atoms with Crippen LogP contribution in [0.5, 0.6) is 0 Å². The molecular weight excluding hydrogens is 506 g/mol. The summed E-state index contributed by atoms with van der Waals surface area (Å²) < 4.78 is 25.2. The second-order valence-corrected chi connectivity index (χ2v) is 11.6. The van der Waals surface area contributed by atoms with E-state index in [-0.39, 0.29) is 18.3 Å². The Labute approximate surface area is 240 Å². The molecule has 2 aromatic carbocycles. The molecular formula is C33H47NO6. The number of rotatable bonds is 15. The molecule has 0 bridgehead atoms. The third-order valence-electron chi connectivity index (χ3n) is 6.80. The molecule has 0 spiro atoms. The largest absolute Gasteiger partial charge is 0.444 e. The topological polar surface area (TPSA) is 74.3 Å². The number of ether oxygens (including phenoxy) is 4. The first-order valence-corrected chi connectivity index (χ1v) is 14.6. The van der Waals surface area contributed by atoms with Crippen molar-refractivity contribution in [3.63, 3.8) is 0 Å². The predicted molar refractivity (Wildman–Crippen MR) is 156 cm³/mol. The van der Waals surface area contributed by atoms with Crippen LogP contribution >= 0.6 is 0 Å². The maximum atomic E-state index is 13.3. The average Bonchev–Trinajstić information content (AvgIpc) is 3.22. The van der Waals surface area contributed by atoms with Crippen LogP contribution < -0.4 is 0 Å². The van der Waals surface area contributed by atoms with E-state index >= 15 is 0 Å². The molecule has 0 radical (unpaired) electrons. The van der Waals surface area contributed by atoms with Crippen molar-refractivity contribution >= 4 is 11.9 Å². The normalized spacial score (nSPS) is 20.8. The van der Waals surface area contributed by atoms with Crippen LogP contribution in [-0.2, 0) is 37.0 Å². The highest BCUT2D eigenvalue weighted by Crippen LogP contribution is 2.31. The van der Waals surface area contributed by atoms with Crippen molar-refractivity contribution in [3.05, 3.63) is 71.8 Å². The Balaban J connectivity index is 1.84. The Morgan fingerprint density at radius 1 is 0.825 bits per heavy atom. The van der Waals surface area contributed by atoms with E-state index in [1.807, 2.05) is 81.4 Å². The van der Waals surface area contributed by atoms with Gasteiger partial charge in [0, 0.05) is 13.0 Å². The van der Waals surface area contributed by atoms with Crippen molar-refractivity contribution in [2.45, 2.75) is 110 Å². The summed E-state index contributed by atoms with van der Waals surface area (Å²) in [6, 6.07) is 19.9. The van der Waals surface area contributed by atoms with E-state index in [0.29, 0.717) is 26.3 Å². The van der Waals surface area contributed by atoms with E-state index in [2.05, 4.69) is 6.92 Å². The van der Waals surface area contributed by atoms with Crippen LogP contribution in [0.4, 0.5) is 4.79 Å². The maximum Gasteiger partial charge on any atom is 0.410 e. The fourth-order valence-electron chi connectivity index (χ4n) is 4.86. The van der Waals surface area contributed by atoms with Gasteiger partial charge < -0.3 is 23.8 Å². The SMILES string of the molecule is CCCCCCN(C[C@H]1O[C@H](CC(C)=O)[C@H](OCc2ccccc2)[C@@H]1OCc1ccccc1)C(=O)OC(C)(C)C. The Morgan fingerprint density at radius 2 is 1.38 bits per heavy atom. The molecule has 40 heavy (non-hydrogen) atoms. The zero-order valence-electron chi connectivity index (χ0n) is 24.8. The Kier molecular flexibility index (Phi) is 12.6. The van der Waals surface area contributed by atoms with Crippen LogP contribution in [0.15, 0.2) is 60.7 Å². The number of ketones is 1. The predicted octanol–water partition coefficient (Wildman–Crippen LogP) is 6.72. The molecule has 0 aromatic heterocycles. The number of amides is 1. The highest BCUT2D eigenvalue weighted by atomic mass is 16.6. The Bertz CT molecular complexity index is 1020. The van der Waals surface area contributed by atoms with Gasteiger partial charge in [0.2, 0.25) is 0 Å². The molecule has 1 aliphatic heterocycles. The smallest absolute Gasteiger partial charge is 0.410 e. The summed E-state index contributed by atoms with van der Waals surface area (Å²) in [4.78, 5) is 27.2. The maximum absolute atomic E-state index is 13.3. The van der Waals surface area contributed by atoms with E-state index < -0.39 is 30.0 Å². The van der Waals surface area contributed by atoms with E-state index in [9.17, 15) is 9.59 Å². The van der Waals surface area contributed by atoms with Gasteiger partial charge in [-0.15, -0.1) is 0 Å². The molecule has 3 rings (SSSR count). The quantitative estimate of drug-likeness (QED) is 0.228. The highest BCUT2D eigenvalue weighted by molar-refractivity contribution is 5.76. The van der Waals surface area contributed by atoms with Gasteiger partial charge >= 0.3 is 6.09 Å². The molecule has 1 amide bonds. The molecule has 7 nitrogen and oxygen atoms in total. The van der Waals surface area contributed by atoms with Crippen molar-refractivity contribution in [1.29, 1.82) is 0 Å². The van der Waals surface area contributed by atoms with E-state index in [4.69, 9.17) is 18.9 Å². The third-order valence-corrected chi connectivity index (χ3v) is 6.80. The number of carbonyl (C=O) groups excluding carboxylic acids is 2. The first-order valence-electron chi connectivity index (χ1n) is 14.6. The number of hydrogen-bond donors (Lipinski definition) is 0. The van der Waals surface area contributed by atoms with Crippen molar-refractivity contribution < 1.29 is 28.5 Å². The van der Waals surface area contributed by atoms with Crippen molar-refractivity contribution in [3.8, 4) is 0 Å². The van der Waals surface area contributed by atoms with Gasteiger partial charge in [0.15, 0.2) is 0 Å². The molecule has 220 valence electrons. The number of unbranched alkanes of at least 4 members (excludes halogenated alkanes) is 3. The Morgan fingerprint density at radius 3 is 1.88 bits per heavy atom. The lowest BCUT2D eigenvalue weighted by Gasteiger charge is -2.31. The molecule has 0 N–H and O–H groups in total. The second-order valence-electron chi connectivity index (χ2n) is 11.6. The Hall–Kier alpha value is -2.74. The van der Waals surface area contributed by atoms with Crippen LogP contribution in [0.25, 0.3) is 0 Å². The van der Waals surface area contributed by atoms with E-state index in [1.165, 1.54) is 0 Å². The molecule has 2 aromatic rings. The summed E-state index contributed by atoms with van der Waals surface area (Å²) in [5, 5.41) is 0. The third kappa shape index (κ3) is 10.7. The van der Waals surface area contributed by atoms with Crippen molar-refractivity contribution in [2.24, 2.45) is 0 Å². The fourth-order valence-corrected chi connectivity index (χ4v) is 4.86. The molecule has 7 heteroatoms. The van der Waals surface area contributed by atoms with Gasteiger partial charge in [0.1, 0.15) is 29.7 Å². The number of benzene rings is 2. The van der Waals surface area contributed by atoms with Crippen molar-refractivity contribution in [1.82, 2.24) is 4.90 Å². The van der Waals surface area contributed by atoms with Gasteiger partial charge in [-0.05, 0) is 45.2 Å². The summed E-state index contributed by atoms with van der Waals surface area (Å²) in [6.07, 6.45) is 2.07. The van der Waals surface area contributed by atoms with Crippen LogP contribution in [0.3, 0.4) is 0 Å². The zero-order valence-corrected chi connectivity index (χ0v) is 24.8. The average molecular weight is 554 g/mol. The van der Waals surface area contributed by atoms with Crippen LogP contribution in [0.1, 0.15) is 77.8 Å². The standard InChI is InChI=1S/C33H47NO6/c1-6-7-8-15-20-34(32(36)40-33(3,4)5)22-29-31(38-24-27-18-13-10-14-19-27)30(28(39-29)21-25(2)35)37-23-26-16-11-9-12-17-26/h9-14,16-19,28-31H,6-8,15,20-24H2,1-5H3/t28-,29-,30+,31-/m1/s1. The number of carbonyl (C=O) groups is 2. The molecule has 0 saturated carbocycles. The summed E-state index contributed by atoms with van der Waals surface area (Å²) >= 11 is 0. The minimum atomic E-state index is -0.614. The van der Waals surface area contributed by atoms with Gasteiger partial charge in [-0.1, -0.05) is 86.8 Å². The summed E-state index contributed by atoms with van der Waals surface area (Å²) in [5.74, 6) is 0.0179. The molecule has 0 aliphatic carbocycles. The first kappa shape index (κ1) is 31.8. The molecule has 1 saturated heterocycles. The molecule has 1 aliphatic rings. The highest BCUT2D eigenvalue weighted by Gasteiger charge is 2.47.